The number of carbonyl (C=O) groups excluding carboxylic acids is 3. The summed E-state index contributed by atoms with van der Waals surface area (Å²) in [5.74, 6) is -0.982. The summed E-state index contributed by atoms with van der Waals surface area (Å²) in [5.41, 5.74) is 0. The van der Waals surface area contributed by atoms with Gasteiger partial charge in [0.25, 0.3) is 0 Å². The van der Waals surface area contributed by atoms with E-state index in [9.17, 15) is 14.4 Å². The molecule has 0 spiro atoms. The highest BCUT2D eigenvalue weighted by Crippen LogP contribution is 2.17. The highest BCUT2D eigenvalue weighted by atomic mass is 16.6. The highest BCUT2D eigenvalue weighted by molar-refractivity contribution is 5.71. The van der Waals surface area contributed by atoms with Crippen molar-refractivity contribution in [3.63, 3.8) is 0 Å². The summed E-state index contributed by atoms with van der Waals surface area (Å²) in [6.07, 6.45) is 75.5. The second-order valence-corrected chi connectivity index (χ2v) is 20.6. The molecule has 0 saturated carbocycles. The van der Waals surface area contributed by atoms with Crippen molar-refractivity contribution in [3.8, 4) is 0 Å². The Morgan fingerprint density at radius 3 is 0.930 bits per heavy atom. The Kier molecular flexibility index (Phi) is 57.2. The van der Waals surface area contributed by atoms with Crippen molar-refractivity contribution in [1.29, 1.82) is 0 Å². The van der Waals surface area contributed by atoms with E-state index in [1.54, 1.807) is 0 Å². The molecule has 0 N–H and O–H groups in total. The van der Waals surface area contributed by atoms with Crippen LogP contribution < -0.4 is 0 Å². The van der Waals surface area contributed by atoms with Crippen LogP contribution in [-0.4, -0.2) is 37.2 Å². The largest absolute Gasteiger partial charge is 0.462 e. The van der Waals surface area contributed by atoms with Gasteiger partial charge in [-0.2, -0.15) is 0 Å². The molecular formula is C65H116O6. The molecule has 0 amide bonds. The van der Waals surface area contributed by atoms with Crippen LogP contribution in [0.1, 0.15) is 316 Å². The third-order valence-corrected chi connectivity index (χ3v) is 13.5. The van der Waals surface area contributed by atoms with E-state index in [4.69, 9.17) is 14.2 Å². The molecule has 71 heavy (non-hydrogen) atoms. The van der Waals surface area contributed by atoms with Crippen LogP contribution in [0.15, 0.2) is 60.8 Å². The van der Waals surface area contributed by atoms with E-state index in [0.717, 1.165) is 70.6 Å². The predicted molar refractivity (Wildman–Crippen MR) is 307 cm³/mol. The van der Waals surface area contributed by atoms with Crippen molar-refractivity contribution in [2.24, 2.45) is 0 Å². The van der Waals surface area contributed by atoms with Gasteiger partial charge in [-0.05, 0) is 70.6 Å². The first-order valence-electron chi connectivity index (χ1n) is 30.8. The van der Waals surface area contributed by atoms with Crippen LogP contribution in [-0.2, 0) is 28.6 Å². The van der Waals surface area contributed by atoms with Gasteiger partial charge in [0.05, 0.1) is 0 Å². The SMILES string of the molecule is CC/C=C\C/C=C\C/C=C\C/C=C\CCC(=O)OC(COC(=O)CCCCCCC/C=C\CCCCCC)COC(=O)CCCCCCCCCCCCCCCCCCCCCCCCCCCCC. The molecule has 1 atom stereocenters. The van der Waals surface area contributed by atoms with Crippen molar-refractivity contribution in [2.45, 2.75) is 322 Å². The minimum Gasteiger partial charge on any atom is -0.462 e. The zero-order valence-electron chi connectivity index (χ0n) is 47.2. The number of rotatable bonds is 56. The zero-order valence-corrected chi connectivity index (χ0v) is 47.2. The number of carbonyl (C=O) groups is 3. The van der Waals surface area contributed by atoms with E-state index in [2.05, 4.69) is 75.5 Å². The number of ether oxygens (including phenoxy) is 3. The van der Waals surface area contributed by atoms with Crippen molar-refractivity contribution in [1.82, 2.24) is 0 Å². The Balaban J connectivity index is 4.21. The summed E-state index contributed by atoms with van der Waals surface area (Å²) in [6, 6.07) is 0. The first-order chi connectivity index (χ1) is 35.0. The first kappa shape index (κ1) is 68.1. The average molecular weight is 994 g/mol. The van der Waals surface area contributed by atoms with Crippen molar-refractivity contribution >= 4 is 17.9 Å². The van der Waals surface area contributed by atoms with Gasteiger partial charge in [-0.1, -0.05) is 287 Å². The molecule has 0 aliphatic rings. The molecule has 0 bridgehead atoms. The molecule has 412 valence electrons. The van der Waals surface area contributed by atoms with Crippen molar-refractivity contribution in [2.75, 3.05) is 13.2 Å². The summed E-state index contributed by atoms with van der Waals surface area (Å²) in [7, 11) is 0. The third-order valence-electron chi connectivity index (χ3n) is 13.5. The number of allylic oxidation sites excluding steroid dienone is 10. The minimum atomic E-state index is -0.814. The molecule has 0 aliphatic carbocycles. The fourth-order valence-corrected chi connectivity index (χ4v) is 8.92. The molecule has 0 rings (SSSR count). The maximum atomic E-state index is 12.8. The van der Waals surface area contributed by atoms with Crippen LogP contribution in [0.3, 0.4) is 0 Å². The quantitative estimate of drug-likeness (QED) is 0.0261. The Bertz CT molecular complexity index is 1280. The summed E-state index contributed by atoms with van der Waals surface area (Å²) in [4.78, 5) is 38.1. The van der Waals surface area contributed by atoms with Crippen molar-refractivity contribution < 1.29 is 28.6 Å². The maximum absolute atomic E-state index is 12.8. The lowest BCUT2D eigenvalue weighted by Crippen LogP contribution is -2.30. The van der Waals surface area contributed by atoms with Crippen LogP contribution >= 0.6 is 0 Å². The molecule has 0 aromatic carbocycles. The molecule has 0 saturated heterocycles. The molecule has 0 aromatic rings. The van der Waals surface area contributed by atoms with E-state index in [0.29, 0.717) is 19.3 Å². The number of hydrogen-bond donors (Lipinski definition) is 0. The zero-order chi connectivity index (χ0) is 51.4. The normalized spacial score (nSPS) is 12.4. The van der Waals surface area contributed by atoms with Crippen LogP contribution in [0.5, 0.6) is 0 Å². The standard InChI is InChI=1S/C65H116O6/c1-4-7-10-13-16-19-22-25-26-27-28-29-30-31-32-33-34-35-36-37-38-41-43-46-49-52-55-58-64(67)70-61-62(71-65(68)59-56-53-50-47-44-40-24-21-18-15-12-9-6-3)60-69-63(66)57-54-51-48-45-42-39-23-20-17-14-11-8-5-2/h9,12,18,20-21,23,40,44,50,53,62H,4-8,10-11,13-17,19,22,24-39,41-43,45-49,51-52,54-61H2,1-3H3/b12-9-,21-18-,23-20-,44-40-,53-50-. The second-order valence-electron chi connectivity index (χ2n) is 20.6. The van der Waals surface area contributed by atoms with Crippen molar-refractivity contribution in [3.05, 3.63) is 60.8 Å². The van der Waals surface area contributed by atoms with Crippen LogP contribution in [0.4, 0.5) is 0 Å². The summed E-state index contributed by atoms with van der Waals surface area (Å²) in [6.45, 7) is 6.48. The molecule has 0 fully saturated rings. The van der Waals surface area contributed by atoms with Gasteiger partial charge in [0.2, 0.25) is 0 Å². The number of unbranched alkanes of at least 4 members (excludes halogenated alkanes) is 35. The monoisotopic (exact) mass is 993 g/mol. The van der Waals surface area contributed by atoms with E-state index in [1.165, 1.54) is 199 Å². The Hall–Kier alpha value is -2.89. The van der Waals surface area contributed by atoms with Gasteiger partial charge in [-0.3, -0.25) is 14.4 Å². The lowest BCUT2D eigenvalue weighted by atomic mass is 10.0. The summed E-state index contributed by atoms with van der Waals surface area (Å²) < 4.78 is 16.8. The first-order valence-corrected chi connectivity index (χ1v) is 30.8. The van der Waals surface area contributed by atoms with E-state index < -0.39 is 6.10 Å². The van der Waals surface area contributed by atoms with E-state index in [1.807, 2.05) is 6.08 Å². The Morgan fingerprint density at radius 2 is 0.577 bits per heavy atom. The Labute approximate surface area is 440 Å². The molecular weight excluding hydrogens is 877 g/mol. The smallest absolute Gasteiger partial charge is 0.306 e. The number of esters is 3. The van der Waals surface area contributed by atoms with Crippen LogP contribution in [0.2, 0.25) is 0 Å². The topological polar surface area (TPSA) is 78.9 Å². The second kappa shape index (κ2) is 59.7. The third kappa shape index (κ3) is 57.9. The lowest BCUT2D eigenvalue weighted by Gasteiger charge is -2.18. The fraction of sp³-hybridized carbons (Fsp3) is 0.800. The molecule has 6 nitrogen and oxygen atoms in total. The summed E-state index contributed by atoms with van der Waals surface area (Å²) in [5, 5.41) is 0. The van der Waals surface area contributed by atoms with Crippen LogP contribution in [0.25, 0.3) is 0 Å². The van der Waals surface area contributed by atoms with Gasteiger partial charge in [0.15, 0.2) is 6.10 Å². The van der Waals surface area contributed by atoms with E-state index >= 15 is 0 Å². The van der Waals surface area contributed by atoms with Gasteiger partial charge >= 0.3 is 17.9 Å². The molecule has 0 aromatic heterocycles. The van der Waals surface area contributed by atoms with Gasteiger partial charge in [0.1, 0.15) is 13.2 Å². The van der Waals surface area contributed by atoms with Gasteiger partial charge in [-0.15, -0.1) is 0 Å². The molecule has 1 unspecified atom stereocenters. The Morgan fingerprint density at radius 1 is 0.296 bits per heavy atom. The molecule has 6 heteroatoms. The van der Waals surface area contributed by atoms with Gasteiger partial charge in [-0.25, -0.2) is 0 Å². The van der Waals surface area contributed by atoms with E-state index in [-0.39, 0.29) is 37.5 Å². The summed E-state index contributed by atoms with van der Waals surface area (Å²) >= 11 is 0. The molecule has 0 heterocycles. The maximum Gasteiger partial charge on any atom is 0.306 e. The number of hydrogen-bond acceptors (Lipinski definition) is 6. The highest BCUT2D eigenvalue weighted by Gasteiger charge is 2.19. The fourth-order valence-electron chi connectivity index (χ4n) is 8.92. The van der Waals surface area contributed by atoms with Gasteiger partial charge < -0.3 is 14.2 Å². The molecule has 0 aliphatic heterocycles. The minimum absolute atomic E-state index is 0.103. The van der Waals surface area contributed by atoms with Crippen LogP contribution in [0, 0.1) is 0 Å². The molecule has 0 radical (unpaired) electrons. The lowest BCUT2D eigenvalue weighted by molar-refractivity contribution is -0.166. The van der Waals surface area contributed by atoms with Gasteiger partial charge in [0, 0.05) is 19.3 Å². The average Bonchev–Trinajstić information content (AvgIpc) is 3.37. The predicted octanol–water partition coefficient (Wildman–Crippen LogP) is 20.8.